The Hall–Kier alpha value is -3.14. The highest BCUT2D eigenvalue weighted by Crippen LogP contribution is 2.63. The molecule has 4 saturated carbocycles. The van der Waals surface area contributed by atoms with Crippen LogP contribution in [0.3, 0.4) is 0 Å². The fraction of sp³-hybridized carbons (Fsp3) is 0.400. The largest absolute Gasteiger partial charge is 0.453 e. The molecule has 4 aliphatic rings. The second-order valence-corrected chi connectivity index (χ2v) is 11.1. The van der Waals surface area contributed by atoms with Gasteiger partial charge in [-0.15, -0.1) is 0 Å². The zero-order valence-electron chi connectivity index (χ0n) is 20.1. The van der Waals surface area contributed by atoms with E-state index in [0.717, 1.165) is 63.3 Å². The van der Waals surface area contributed by atoms with Crippen molar-refractivity contribution < 1.29 is 9.47 Å². The summed E-state index contributed by atoms with van der Waals surface area (Å²) in [7, 11) is 0. The highest BCUT2D eigenvalue weighted by molar-refractivity contribution is 5.58. The van der Waals surface area contributed by atoms with Crippen LogP contribution >= 0.6 is 0 Å². The van der Waals surface area contributed by atoms with Gasteiger partial charge in [0.15, 0.2) is 11.5 Å². The van der Waals surface area contributed by atoms with Gasteiger partial charge in [0.2, 0.25) is 0 Å². The predicted molar refractivity (Wildman–Crippen MR) is 138 cm³/mol. The van der Waals surface area contributed by atoms with Crippen molar-refractivity contribution >= 4 is 11.4 Å². The number of hydrogen-bond acceptors (Lipinski definition) is 4. The van der Waals surface area contributed by atoms with Crippen LogP contribution in [0.5, 0.6) is 23.0 Å². The average molecular weight is 455 g/mol. The van der Waals surface area contributed by atoms with E-state index in [2.05, 4.69) is 12.1 Å². The minimum atomic E-state index is 0.173. The first-order valence-corrected chi connectivity index (χ1v) is 12.6. The molecule has 4 heteroatoms. The van der Waals surface area contributed by atoms with Crippen LogP contribution in [-0.2, 0) is 5.41 Å². The van der Waals surface area contributed by atoms with E-state index in [1.807, 2.05) is 56.3 Å². The number of para-hydroxylation sites is 1. The maximum atomic E-state index is 6.66. The number of rotatable bonds is 5. The Kier molecular flexibility index (Phi) is 5.02. The van der Waals surface area contributed by atoms with Gasteiger partial charge in [-0.05, 0) is 105 Å². The molecule has 176 valence electrons. The standard InChI is InChI=1S/C30H34N2O2/c1-18-6-8-23(13-26(18)31)33-28-5-3-4-25(29(28)34-24-9-7-19(2)27(32)14-24)30-15-20-10-21(16-30)12-22(11-20)17-30/h3-9,13-14,20-22H,10-12,15-17,31-32H2,1-2H3. The van der Waals surface area contributed by atoms with Gasteiger partial charge in [-0.3, -0.25) is 0 Å². The van der Waals surface area contributed by atoms with E-state index in [1.54, 1.807) is 0 Å². The Morgan fingerprint density at radius 2 is 1.24 bits per heavy atom. The van der Waals surface area contributed by atoms with E-state index in [4.69, 9.17) is 20.9 Å². The van der Waals surface area contributed by atoms with E-state index in [1.165, 1.54) is 44.1 Å². The van der Waals surface area contributed by atoms with Gasteiger partial charge >= 0.3 is 0 Å². The molecule has 0 radical (unpaired) electrons. The quantitative estimate of drug-likeness (QED) is 0.391. The number of nitrogens with two attached hydrogens (primary N) is 2. The van der Waals surface area contributed by atoms with Crippen LogP contribution in [0.2, 0.25) is 0 Å². The second-order valence-electron chi connectivity index (χ2n) is 11.1. The third kappa shape index (κ3) is 3.70. The van der Waals surface area contributed by atoms with Crippen LogP contribution in [0, 0.1) is 31.6 Å². The summed E-state index contributed by atoms with van der Waals surface area (Å²) in [6.45, 7) is 4.02. The topological polar surface area (TPSA) is 70.5 Å². The minimum Gasteiger partial charge on any atom is -0.453 e. The third-order valence-electron chi connectivity index (χ3n) is 8.54. The molecule has 4 nitrogen and oxygen atoms in total. The number of benzene rings is 3. The number of nitrogen functional groups attached to an aromatic ring is 2. The Morgan fingerprint density at radius 1 is 0.706 bits per heavy atom. The lowest BCUT2D eigenvalue weighted by atomic mass is 9.48. The molecule has 0 amide bonds. The van der Waals surface area contributed by atoms with Gasteiger partial charge in [-0.2, -0.15) is 0 Å². The van der Waals surface area contributed by atoms with E-state index in [0.29, 0.717) is 0 Å². The van der Waals surface area contributed by atoms with E-state index >= 15 is 0 Å². The zero-order valence-corrected chi connectivity index (χ0v) is 20.1. The van der Waals surface area contributed by atoms with Crippen LogP contribution in [0.4, 0.5) is 11.4 Å². The molecule has 4 aliphatic carbocycles. The summed E-state index contributed by atoms with van der Waals surface area (Å²) in [5.41, 5.74) is 17.4. The average Bonchev–Trinajstić information content (AvgIpc) is 2.79. The van der Waals surface area contributed by atoms with Crippen molar-refractivity contribution in [3.63, 3.8) is 0 Å². The molecular formula is C30H34N2O2. The van der Waals surface area contributed by atoms with Crippen LogP contribution in [0.25, 0.3) is 0 Å². The Morgan fingerprint density at radius 3 is 1.76 bits per heavy atom. The molecule has 3 aromatic carbocycles. The first-order valence-electron chi connectivity index (χ1n) is 12.6. The number of hydrogen-bond donors (Lipinski definition) is 2. The van der Waals surface area contributed by atoms with E-state index in [9.17, 15) is 0 Å². The first kappa shape index (κ1) is 21.4. The summed E-state index contributed by atoms with van der Waals surface area (Å²) in [4.78, 5) is 0. The lowest BCUT2D eigenvalue weighted by Gasteiger charge is -2.57. The van der Waals surface area contributed by atoms with Gasteiger partial charge in [0, 0.05) is 29.1 Å². The summed E-state index contributed by atoms with van der Waals surface area (Å²) in [6.07, 6.45) is 7.99. The highest BCUT2D eigenvalue weighted by Gasteiger charge is 2.52. The molecule has 0 unspecified atom stereocenters. The maximum absolute atomic E-state index is 6.66. The van der Waals surface area contributed by atoms with Gasteiger partial charge in [0.1, 0.15) is 11.5 Å². The predicted octanol–water partition coefficient (Wildman–Crippen LogP) is 7.52. The summed E-state index contributed by atoms with van der Waals surface area (Å²) in [5, 5.41) is 0. The molecule has 0 spiro atoms. The molecule has 3 aromatic rings. The van der Waals surface area contributed by atoms with Crippen molar-refractivity contribution in [1.82, 2.24) is 0 Å². The lowest BCUT2D eigenvalue weighted by Crippen LogP contribution is -2.48. The van der Waals surface area contributed by atoms with Crippen LogP contribution in [0.1, 0.15) is 55.2 Å². The molecule has 4 fully saturated rings. The van der Waals surface area contributed by atoms with Crippen molar-refractivity contribution in [1.29, 1.82) is 0 Å². The van der Waals surface area contributed by atoms with Gasteiger partial charge in [0.25, 0.3) is 0 Å². The lowest BCUT2D eigenvalue weighted by molar-refractivity contribution is -0.00608. The molecule has 0 aromatic heterocycles. The summed E-state index contributed by atoms with van der Waals surface area (Å²) in [6, 6.07) is 18.2. The highest BCUT2D eigenvalue weighted by atomic mass is 16.5. The van der Waals surface area contributed by atoms with Gasteiger partial charge < -0.3 is 20.9 Å². The normalized spacial score (nSPS) is 27.1. The molecule has 0 atom stereocenters. The molecule has 4 N–H and O–H groups in total. The smallest absolute Gasteiger partial charge is 0.173 e. The second kappa shape index (κ2) is 7.97. The minimum absolute atomic E-state index is 0.173. The van der Waals surface area contributed by atoms with Gasteiger partial charge in [0.05, 0.1) is 0 Å². The molecule has 7 rings (SSSR count). The fourth-order valence-corrected chi connectivity index (χ4v) is 7.17. The van der Waals surface area contributed by atoms with Gasteiger partial charge in [-0.25, -0.2) is 0 Å². The van der Waals surface area contributed by atoms with Gasteiger partial charge in [-0.1, -0.05) is 24.3 Å². The Labute approximate surface area is 202 Å². The van der Waals surface area contributed by atoms with Crippen LogP contribution in [0.15, 0.2) is 54.6 Å². The number of ether oxygens (including phenoxy) is 2. The van der Waals surface area contributed by atoms with Crippen molar-refractivity contribution in [2.45, 2.75) is 57.8 Å². The fourth-order valence-electron chi connectivity index (χ4n) is 7.17. The monoisotopic (exact) mass is 454 g/mol. The molecule has 0 aliphatic heterocycles. The SMILES string of the molecule is Cc1ccc(Oc2cccc(C34CC5CC(CC(C5)C3)C4)c2Oc2ccc(C)c(N)c2)cc1N. The third-order valence-corrected chi connectivity index (χ3v) is 8.54. The van der Waals surface area contributed by atoms with E-state index < -0.39 is 0 Å². The molecule has 0 saturated heterocycles. The zero-order chi connectivity index (χ0) is 23.4. The number of anilines is 2. The first-order chi connectivity index (χ1) is 16.4. The van der Waals surface area contributed by atoms with E-state index in [-0.39, 0.29) is 5.41 Å². The molecule has 34 heavy (non-hydrogen) atoms. The summed E-state index contributed by atoms with van der Waals surface area (Å²) < 4.78 is 13.1. The summed E-state index contributed by atoms with van der Waals surface area (Å²) in [5.74, 6) is 5.55. The summed E-state index contributed by atoms with van der Waals surface area (Å²) >= 11 is 0. The van der Waals surface area contributed by atoms with Crippen molar-refractivity contribution in [3.05, 3.63) is 71.3 Å². The van der Waals surface area contributed by atoms with Crippen LogP contribution < -0.4 is 20.9 Å². The number of aryl methyl sites for hydroxylation is 2. The maximum Gasteiger partial charge on any atom is 0.173 e. The molecule has 4 bridgehead atoms. The molecular weight excluding hydrogens is 420 g/mol. The molecule has 0 heterocycles. The van der Waals surface area contributed by atoms with Crippen molar-refractivity contribution in [2.24, 2.45) is 17.8 Å². The van der Waals surface area contributed by atoms with Crippen LogP contribution in [-0.4, -0.2) is 0 Å². The Balaban J connectivity index is 1.45. The van der Waals surface area contributed by atoms with Crippen molar-refractivity contribution in [2.75, 3.05) is 11.5 Å². The Bertz CT molecular complexity index is 1210. The van der Waals surface area contributed by atoms with Crippen molar-refractivity contribution in [3.8, 4) is 23.0 Å².